The van der Waals surface area contributed by atoms with E-state index >= 15 is 0 Å². The Labute approximate surface area is 256 Å². The molecule has 254 valence electrons. The number of amides is 1. The second-order valence-corrected chi connectivity index (χ2v) is 14.3. The van der Waals surface area contributed by atoms with E-state index in [1.165, 1.54) is 6.33 Å². The van der Waals surface area contributed by atoms with Crippen molar-refractivity contribution < 1.29 is 61.1 Å². The third kappa shape index (κ3) is 12.0. The largest absolute Gasteiger partial charge is 0.490 e. The van der Waals surface area contributed by atoms with E-state index in [4.69, 9.17) is 31.7 Å². The number of carbonyl (C=O) groups excluding carboxylic acids is 1. The monoisotopic (exact) mass is 702 g/mol. The third-order valence-corrected chi connectivity index (χ3v) is 10.2. The van der Waals surface area contributed by atoms with E-state index in [2.05, 4.69) is 33.4 Å². The zero-order valence-corrected chi connectivity index (χ0v) is 26.5. The number of phosphoric ester groups is 1. The first kappa shape index (κ1) is 37.0. The number of aliphatic hydroxyl groups excluding tert-OH is 1. The maximum atomic E-state index is 12.5. The fraction of sp³-hybridized carbons (Fsp3) is 0.619. The SMILES string of the molecule is NC(N)=NCCCCCCNC(=O)CCc1cn([C@H]2CC(O)[C@@H](COP(=O)(O)OP(=O)(O)OP(=O)(O)O)O2)c2ncnc(N)c12. The summed E-state index contributed by atoms with van der Waals surface area (Å²) in [5.41, 5.74) is 17.6. The summed E-state index contributed by atoms with van der Waals surface area (Å²) in [6.07, 6.45) is 3.27. The first-order valence-electron chi connectivity index (χ1n) is 13.5. The lowest BCUT2D eigenvalue weighted by molar-refractivity contribution is -0.121. The van der Waals surface area contributed by atoms with Gasteiger partial charge in [-0.25, -0.2) is 23.7 Å². The number of aliphatic imine (C=N–C) groups is 1. The summed E-state index contributed by atoms with van der Waals surface area (Å²) in [6.45, 7) is 0.230. The summed E-state index contributed by atoms with van der Waals surface area (Å²) >= 11 is 0. The smallest absolute Gasteiger partial charge is 0.390 e. The number of hydrogen-bond donors (Lipinski definition) is 9. The van der Waals surface area contributed by atoms with Crippen molar-refractivity contribution in [1.29, 1.82) is 0 Å². The first-order chi connectivity index (χ1) is 21.0. The molecule has 2 aromatic heterocycles. The fourth-order valence-corrected chi connectivity index (χ4v) is 7.50. The first-order valence-corrected chi connectivity index (χ1v) is 18.0. The molecule has 1 aliphatic heterocycles. The normalized spacial score (nSPS) is 21.3. The van der Waals surface area contributed by atoms with Gasteiger partial charge >= 0.3 is 23.5 Å². The molecule has 5 atom stereocenters. The molecule has 1 saturated heterocycles. The number of phosphoric acid groups is 3. The average Bonchev–Trinajstić information content (AvgIpc) is 3.46. The number of hydrogen-bond acceptors (Lipinski definition) is 13. The van der Waals surface area contributed by atoms with Gasteiger partial charge in [-0.2, -0.15) is 8.62 Å². The molecule has 24 heteroatoms. The molecular formula is C21H37N8O13P3. The number of fused-ring (bicyclic) bond motifs is 1. The lowest BCUT2D eigenvalue weighted by Gasteiger charge is -2.19. The van der Waals surface area contributed by atoms with Crippen molar-refractivity contribution in [2.24, 2.45) is 16.5 Å². The van der Waals surface area contributed by atoms with Gasteiger partial charge in [-0.3, -0.25) is 14.3 Å². The van der Waals surface area contributed by atoms with Crippen molar-refractivity contribution in [3.05, 3.63) is 18.1 Å². The predicted molar refractivity (Wildman–Crippen MR) is 157 cm³/mol. The Hall–Kier alpha value is -2.51. The van der Waals surface area contributed by atoms with Crippen LogP contribution in [0.1, 0.15) is 50.3 Å². The van der Waals surface area contributed by atoms with Gasteiger partial charge < -0.3 is 56.5 Å². The minimum Gasteiger partial charge on any atom is -0.390 e. The van der Waals surface area contributed by atoms with Gasteiger partial charge in [-0.05, 0) is 24.8 Å². The van der Waals surface area contributed by atoms with Gasteiger partial charge in [0.05, 0.1) is 18.1 Å². The van der Waals surface area contributed by atoms with Crippen LogP contribution >= 0.6 is 23.5 Å². The highest BCUT2D eigenvalue weighted by atomic mass is 31.3. The van der Waals surface area contributed by atoms with E-state index < -0.39 is 48.5 Å². The van der Waals surface area contributed by atoms with Gasteiger partial charge in [0.25, 0.3) is 0 Å². The quantitative estimate of drug-likeness (QED) is 0.0423. The molecule has 3 rings (SSSR count). The molecule has 3 unspecified atom stereocenters. The van der Waals surface area contributed by atoms with Crippen molar-refractivity contribution >= 4 is 52.2 Å². The highest BCUT2D eigenvalue weighted by Crippen LogP contribution is 2.66. The number of carbonyl (C=O) groups is 1. The Kier molecular flexibility index (Phi) is 13.0. The molecule has 1 fully saturated rings. The molecule has 0 bridgehead atoms. The van der Waals surface area contributed by atoms with Crippen molar-refractivity contribution in [2.75, 3.05) is 25.4 Å². The van der Waals surface area contributed by atoms with Crippen LogP contribution in [0.3, 0.4) is 0 Å². The molecular weight excluding hydrogens is 665 g/mol. The number of nitrogens with two attached hydrogens (primary N) is 3. The van der Waals surface area contributed by atoms with Crippen LogP contribution in [0.2, 0.25) is 0 Å². The number of nitrogens with zero attached hydrogens (tertiary/aromatic N) is 4. The summed E-state index contributed by atoms with van der Waals surface area (Å²) in [4.78, 5) is 60.9. The predicted octanol–water partition coefficient (Wildman–Crippen LogP) is -0.112. The number of nitrogen functional groups attached to an aromatic ring is 1. The Morgan fingerprint density at radius 2 is 1.80 bits per heavy atom. The lowest BCUT2D eigenvalue weighted by Crippen LogP contribution is -2.26. The van der Waals surface area contributed by atoms with Crippen LogP contribution in [0.15, 0.2) is 17.5 Å². The number of ether oxygens (including phenoxy) is 1. The second-order valence-electron chi connectivity index (χ2n) is 9.91. The number of aromatic nitrogens is 3. The zero-order chi connectivity index (χ0) is 33.4. The molecule has 0 aliphatic carbocycles. The van der Waals surface area contributed by atoms with Gasteiger partial charge in [0.1, 0.15) is 30.1 Å². The molecule has 45 heavy (non-hydrogen) atoms. The number of unbranched alkanes of at least 4 members (excludes halogenated alkanes) is 3. The van der Waals surface area contributed by atoms with Gasteiger partial charge in [0, 0.05) is 32.1 Å². The van der Waals surface area contributed by atoms with Crippen molar-refractivity contribution in [3.63, 3.8) is 0 Å². The van der Waals surface area contributed by atoms with Crippen LogP contribution in [0, 0.1) is 0 Å². The van der Waals surface area contributed by atoms with E-state index in [-0.39, 0.29) is 36.9 Å². The number of guanidine groups is 1. The highest BCUT2D eigenvalue weighted by molar-refractivity contribution is 7.66. The molecule has 1 aliphatic rings. The Balaban J connectivity index is 1.57. The summed E-state index contributed by atoms with van der Waals surface area (Å²) in [5.74, 6) is 0.0346. The zero-order valence-electron chi connectivity index (χ0n) is 23.8. The molecule has 3 heterocycles. The maximum absolute atomic E-state index is 12.5. The van der Waals surface area contributed by atoms with E-state index in [0.29, 0.717) is 29.7 Å². The van der Waals surface area contributed by atoms with Crippen LogP contribution in [-0.4, -0.2) is 83.0 Å². The van der Waals surface area contributed by atoms with Crippen LogP contribution in [0.25, 0.3) is 11.0 Å². The molecule has 21 nitrogen and oxygen atoms in total. The van der Waals surface area contributed by atoms with E-state index in [9.17, 15) is 33.4 Å². The molecule has 0 radical (unpaired) electrons. The minimum atomic E-state index is -5.71. The van der Waals surface area contributed by atoms with Crippen molar-refractivity contribution in [1.82, 2.24) is 19.9 Å². The molecule has 0 spiro atoms. The Morgan fingerprint density at radius 1 is 1.09 bits per heavy atom. The minimum absolute atomic E-state index is 0.0516. The van der Waals surface area contributed by atoms with Crippen molar-refractivity contribution in [3.8, 4) is 0 Å². The van der Waals surface area contributed by atoms with E-state index in [0.717, 1.165) is 25.7 Å². The van der Waals surface area contributed by atoms with Gasteiger partial charge in [-0.15, -0.1) is 0 Å². The highest BCUT2D eigenvalue weighted by Gasteiger charge is 2.43. The number of nitrogens with one attached hydrogen (secondary N) is 1. The average molecular weight is 702 g/mol. The van der Waals surface area contributed by atoms with Crippen LogP contribution in [0.5, 0.6) is 0 Å². The molecule has 2 aromatic rings. The van der Waals surface area contributed by atoms with Gasteiger partial charge in [-0.1, -0.05) is 12.8 Å². The van der Waals surface area contributed by atoms with Gasteiger partial charge in [0.15, 0.2) is 5.96 Å². The van der Waals surface area contributed by atoms with Crippen LogP contribution < -0.4 is 22.5 Å². The second kappa shape index (κ2) is 15.9. The molecule has 1 amide bonds. The number of aliphatic hydroxyl groups is 1. The molecule has 0 saturated carbocycles. The number of rotatable bonds is 18. The number of aryl methyl sites for hydroxylation is 1. The van der Waals surface area contributed by atoms with E-state index in [1.54, 1.807) is 10.8 Å². The Bertz CT molecular complexity index is 1500. The summed E-state index contributed by atoms with van der Waals surface area (Å²) in [5, 5.41) is 13.9. The third-order valence-electron chi connectivity index (χ3n) is 6.37. The van der Waals surface area contributed by atoms with E-state index in [1.807, 2.05) is 0 Å². The van der Waals surface area contributed by atoms with Crippen LogP contribution in [-0.2, 0) is 42.8 Å². The molecule has 12 N–H and O–H groups in total. The summed E-state index contributed by atoms with van der Waals surface area (Å²) < 4.78 is 53.6. The lowest BCUT2D eigenvalue weighted by atomic mass is 10.1. The van der Waals surface area contributed by atoms with Gasteiger partial charge in [0.2, 0.25) is 5.91 Å². The summed E-state index contributed by atoms with van der Waals surface area (Å²) in [6, 6.07) is 0. The fourth-order valence-electron chi connectivity index (χ4n) is 4.47. The molecule has 0 aromatic carbocycles. The Morgan fingerprint density at radius 3 is 2.49 bits per heavy atom. The topological polar surface area (TPSA) is 340 Å². The standard InChI is InChI=1S/C21H37N8O13P3/c22-19-18-13(5-6-16(31)25-7-3-1-2-4-8-26-21(23)24)10-29(20(18)28-12-27-19)17-9-14(30)15(40-17)11-39-44(35,36)42-45(37,38)41-43(32,33)34/h10,12,14-15,17,30H,1-9,11H2,(H,25,31)(H,35,36)(H,37,38)(H2,22,27,28)(H4,23,24,26)(H2,32,33,34)/t14?,15-,17-/m1/s1. The number of anilines is 1. The van der Waals surface area contributed by atoms with Crippen LogP contribution in [0.4, 0.5) is 5.82 Å². The summed E-state index contributed by atoms with van der Waals surface area (Å²) in [7, 11) is -16.7. The maximum Gasteiger partial charge on any atom is 0.490 e. The van der Waals surface area contributed by atoms with Crippen molar-refractivity contribution in [2.45, 2.75) is 63.4 Å².